The molecule has 100 valence electrons. The minimum Gasteiger partial charge on any atom is -0.311 e. The number of thioether (sulfide) groups is 1. The fourth-order valence-electron chi connectivity index (χ4n) is 2.67. The maximum atomic E-state index is 4.25. The van der Waals surface area contributed by atoms with Crippen molar-refractivity contribution in [1.82, 2.24) is 20.3 Å². The van der Waals surface area contributed by atoms with E-state index in [1.54, 1.807) is 0 Å². The molecule has 2 aromatic rings. The van der Waals surface area contributed by atoms with Crippen molar-refractivity contribution in [2.75, 3.05) is 18.6 Å². The third-order valence-corrected chi connectivity index (χ3v) is 4.83. The van der Waals surface area contributed by atoms with Crippen LogP contribution in [0.15, 0.2) is 36.5 Å². The third kappa shape index (κ3) is 2.53. The molecule has 1 aliphatic heterocycles. The predicted molar refractivity (Wildman–Crippen MR) is 78.6 cm³/mol. The molecule has 0 radical (unpaired) electrons. The monoisotopic (exact) mass is 274 g/mol. The number of hydrogen-bond donors (Lipinski definition) is 1. The first-order valence-corrected chi connectivity index (χ1v) is 7.76. The summed E-state index contributed by atoms with van der Waals surface area (Å²) in [4.78, 5) is 0. The zero-order chi connectivity index (χ0) is 13.1. The molecule has 1 aromatic carbocycles. The number of benzene rings is 1. The van der Waals surface area contributed by atoms with Gasteiger partial charge in [-0.1, -0.05) is 23.4 Å². The van der Waals surface area contributed by atoms with Crippen molar-refractivity contribution >= 4 is 11.8 Å². The van der Waals surface area contributed by atoms with Crippen LogP contribution in [0.2, 0.25) is 0 Å². The molecule has 0 spiro atoms. The first-order chi connectivity index (χ1) is 9.40. The molecule has 19 heavy (non-hydrogen) atoms. The lowest BCUT2D eigenvalue weighted by molar-refractivity contribution is 0.403. The summed E-state index contributed by atoms with van der Waals surface area (Å²) in [6.45, 7) is 0. The summed E-state index contributed by atoms with van der Waals surface area (Å²) in [6, 6.07) is 10.5. The third-order valence-electron chi connectivity index (χ3n) is 3.64. The highest BCUT2D eigenvalue weighted by Crippen LogP contribution is 2.34. The van der Waals surface area contributed by atoms with E-state index in [1.165, 1.54) is 17.9 Å². The fraction of sp³-hybridized carbons (Fsp3) is 0.429. The lowest BCUT2D eigenvalue weighted by Gasteiger charge is -2.22. The van der Waals surface area contributed by atoms with Crippen LogP contribution in [0.3, 0.4) is 0 Å². The Morgan fingerprint density at radius 3 is 2.89 bits per heavy atom. The Balaban J connectivity index is 1.94. The van der Waals surface area contributed by atoms with E-state index >= 15 is 0 Å². The highest BCUT2D eigenvalue weighted by Gasteiger charge is 2.28. The summed E-state index contributed by atoms with van der Waals surface area (Å²) in [5.41, 5.74) is 2.22. The van der Waals surface area contributed by atoms with Crippen LogP contribution in [0.5, 0.6) is 0 Å². The predicted octanol–water partition coefficient (Wildman–Crippen LogP) is 2.28. The Kier molecular flexibility index (Phi) is 3.84. The second-order valence-electron chi connectivity index (χ2n) is 4.80. The van der Waals surface area contributed by atoms with E-state index in [0.717, 1.165) is 11.4 Å². The smallest absolute Gasteiger partial charge is 0.0818 e. The van der Waals surface area contributed by atoms with Crippen LogP contribution in [0, 0.1) is 5.92 Å². The molecule has 1 N–H and O–H groups in total. The van der Waals surface area contributed by atoms with E-state index in [0.29, 0.717) is 12.0 Å². The molecule has 4 nitrogen and oxygen atoms in total. The Morgan fingerprint density at radius 1 is 1.37 bits per heavy atom. The molecule has 5 heteroatoms. The van der Waals surface area contributed by atoms with Gasteiger partial charge in [0, 0.05) is 0 Å². The maximum Gasteiger partial charge on any atom is 0.0818 e. The van der Waals surface area contributed by atoms with E-state index in [2.05, 4.69) is 27.8 Å². The Hall–Kier alpha value is -1.33. The normalized spacial score (nSPS) is 20.6. The first-order valence-electron chi connectivity index (χ1n) is 6.61. The van der Waals surface area contributed by atoms with Crippen molar-refractivity contribution in [3.8, 4) is 5.69 Å². The summed E-state index contributed by atoms with van der Waals surface area (Å²) in [5.74, 6) is 3.14. The van der Waals surface area contributed by atoms with Gasteiger partial charge in [0.05, 0.1) is 23.6 Å². The van der Waals surface area contributed by atoms with Gasteiger partial charge in [-0.3, -0.25) is 0 Å². The number of para-hydroxylation sites is 1. The minimum absolute atomic E-state index is 0.324. The standard InChI is InChI=1S/C14H18N4S/c1-15-14(11-7-8-19-10-11)13-9-16-17-18(13)12-5-3-2-4-6-12/h2-6,9,11,14-15H,7-8,10H2,1H3. The zero-order valence-electron chi connectivity index (χ0n) is 11.0. The topological polar surface area (TPSA) is 42.7 Å². The average Bonchev–Trinajstić information content (AvgIpc) is 3.12. The average molecular weight is 274 g/mol. The highest BCUT2D eigenvalue weighted by atomic mass is 32.2. The summed E-state index contributed by atoms with van der Waals surface area (Å²) in [7, 11) is 2.02. The molecular formula is C14H18N4S. The number of rotatable bonds is 4. The number of nitrogens with one attached hydrogen (secondary N) is 1. The molecule has 3 rings (SSSR count). The quantitative estimate of drug-likeness (QED) is 0.929. The molecule has 0 aliphatic carbocycles. The van der Waals surface area contributed by atoms with E-state index in [1.807, 2.05) is 47.9 Å². The SMILES string of the molecule is CNC(c1cnnn1-c1ccccc1)C1CCSC1. The first kappa shape index (κ1) is 12.7. The van der Waals surface area contributed by atoms with Crippen molar-refractivity contribution in [2.45, 2.75) is 12.5 Å². The lowest BCUT2D eigenvalue weighted by atomic mass is 9.96. The molecule has 0 bridgehead atoms. The van der Waals surface area contributed by atoms with E-state index in [-0.39, 0.29) is 0 Å². The van der Waals surface area contributed by atoms with Crippen LogP contribution in [-0.2, 0) is 0 Å². The summed E-state index contributed by atoms with van der Waals surface area (Å²) in [5, 5.41) is 11.8. The summed E-state index contributed by atoms with van der Waals surface area (Å²) >= 11 is 2.03. The molecule has 2 unspecified atom stereocenters. The highest BCUT2D eigenvalue weighted by molar-refractivity contribution is 7.99. The van der Waals surface area contributed by atoms with Crippen LogP contribution in [0.1, 0.15) is 18.2 Å². The van der Waals surface area contributed by atoms with Gasteiger partial charge in [-0.05, 0) is 43.0 Å². The lowest BCUT2D eigenvalue weighted by Crippen LogP contribution is -2.27. The number of nitrogens with zero attached hydrogens (tertiary/aromatic N) is 3. The second-order valence-corrected chi connectivity index (χ2v) is 5.95. The van der Waals surface area contributed by atoms with Gasteiger partial charge in [-0.25, -0.2) is 4.68 Å². The van der Waals surface area contributed by atoms with Crippen LogP contribution < -0.4 is 5.32 Å². The van der Waals surface area contributed by atoms with Crippen molar-refractivity contribution in [3.05, 3.63) is 42.2 Å². The van der Waals surface area contributed by atoms with Crippen LogP contribution >= 0.6 is 11.8 Å². The van der Waals surface area contributed by atoms with E-state index in [4.69, 9.17) is 0 Å². The van der Waals surface area contributed by atoms with Gasteiger partial charge in [-0.15, -0.1) is 5.10 Å². The largest absolute Gasteiger partial charge is 0.311 e. The summed E-state index contributed by atoms with van der Waals surface area (Å²) < 4.78 is 1.95. The van der Waals surface area contributed by atoms with Crippen LogP contribution in [-0.4, -0.2) is 33.5 Å². The Morgan fingerprint density at radius 2 is 2.21 bits per heavy atom. The van der Waals surface area contributed by atoms with Crippen molar-refractivity contribution in [3.63, 3.8) is 0 Å². The fourth-order valence-corrected chi connectivity index (χ4v) is 3.96. The van der Waals surface area contributed by atoms with Crippen molar-refractivity contribution in [1.29, 1.82) is 0 Å². The van der Waals surface area contributed by atoms with E-state index < -0.39 is 0 Å². The molecule has 0 saturated carbocycles. The van der Waals surface area contributed by atoms with Gasteiger partial charge in [-0.2, -0.15) is 11.8 Å². The van der Waals surface area contributed by atoms with Gasteiger partial charge >= 0.3 is 0 Å². The molecule has 1 fully saturated rings. The van der Waals surface area contributed by atoms with Crippen molar-refractivity contribution in [2.24, 2.45) is 5.92 Å². The van der Waals surface area contributed by atoms with E-state index in [9.17, 15) is 0 Å². The van der Waals surface area contributed by atoms with Gasteiger partial charge in [0.25, 0.3) is 0 Å². The summed E-state index contributed by atoms with van der Waals surface area (Å²) in [6.07, 6.45) is 3.15. The van der Waals surface area contributed by atoms with Gasteiger partial charge < -0.3 is 5.32 Å². The van der Waals surface area contributed by atoms with Crippen molar-refractivity contribution < 1.29 is 0 Å². The number of aromatic nitrogens is 3. The number of hydrogen-bond acceptors (Lipinski definition) is 4. The molecule has 1 saturated heterocycles. The molecular weight excluding hydrogens is 256 g/mol. The molecule has 0 amide bonds. The molecule has 2 heterocycles. The van der Waals surface area contributed by atoms with Gasteiger partial charge in [0.2, 0.25) is 0 Å². The van der Waals surface area contributed by atoms with Gasteiger partial charge in [0.15, 0.2) is 0 Å². The molecule has 2 atom stereocenters. The maximum absolute atomic E-state index is 4.25. The van der Waals surface area contributed by atoms with Gasteiger partial charge in [0.1, 0.15) is 0 Å². The Bertz CT molecular complexity index is 519. The van der Waals surface area contributed by atoms with Crippen LogP contribution in [0.25, 0.3) is 5.69 Å². The second kappa shape index (κ2) is 5.75. The molecule has 1 aliphatic rings. The van der Waals surface area contributed by atoms with Crippen LogP contribution in [0.4, 0.5) is 0 Å². The molecule has 1 aromatic heterocycles. The minimum atomic E-state index is 0.324. The Labute approximate surface area is 117 Å². The zero-order valence-corrected chi connectivity index (χ0v) is 11.8.